The van der Waals surface area contributed by atoms with E-state index >= 15 is 0 Å². The second kappa shape index (κ2) is 9.96. The van der Waals surface area contributed by atoms with E-state index < -0.39 is 0 Å². The van der Waals surface area contributed by atoms with E-state index in [1.165, 1.54) is 16.8 Å². The summed E-state index contributed by atoms with van der Waals surface area (Å²) in [6.45, 7) is 13.5. The van der Waals surface area contributed by atoms with Crippen molar-refractivity contribution in [2.45, 2.75) is 40.7 Å². The molecule has 1 fully saturated rings. The minimum Gasteiger partial charge on any atom is -0.369 e. The van der Waals surface area contributed by atoms with Crippen LogP contribution >= 0.6 is 0 Å². The van der Waals surface area contributed by atoms with Gasteiger partial charge >= 0.3 is 0 Å². The van der Waals surface area contributed by atoms with Crippen molar-refractivity contribution in [3.63, 3.8) is 0 Å². The van der Waals surface area contributed by atoms with Crippen LogP contribution in [-0.4, -0.2) is 55.5 Å². The molecule has 1 aliphatic rings. The molecule has 3 rings (SSSR count). The number of piperazine rings is 1. The first-order chi connectivity index (χ1) is 14.8. The van der Waals surface area contributed by atoms with Gasteiger partial charge < -0.3 is 15.5 Å². The van der Waals surface area contributed by atoms with Gasteiger partial charge in [-0.15, -0.1) is 0 Å². The molecule has 0 saturated carbocycles. The molecule has 166 valence electrons. The van der Waals surface area contributed by atoms with Gasteiger partial charge in [-0.1, -0.05) is 30.3 Å². The van der Waals surface area contributed by atoms with Crippen LogP contribution in [0.4, 0.5) is 11.4 Å². The number of nitrogens with one attached hydrogen (secondary N) is 2. The molecule has 2 aromatic carbocycles. The molecule has 1 heterocycles. The van der Waals surface area contributed by atoms with Gasteiger partial charge in [-0.25, -0.2) is 0 Å². The lowest BCUT2D eigenvalue weighted by Gasteiger charge is -2.39. The number of hydrogen-bond donors (Lipinski definition) is 2. The molecule has 0 radical (unpaired) electrons. The van der Waals surface area contributed by atoms with Gasteiger partial charge in [-0.05, 0) is 62.9 Å². The van der Waals surface area contributed by atoms with Gasteiger partial charge in [0.2, 0.25) is 11.8 Å². The summed E-state index contributed by atoms with van der Waals surface area (Å²) in [6.07, 6.45) is 0. The van der Waals surface area contributed by atoms with Crippen LogP contribution in [0.1, 0.15) is 29.2 Å². The molecule has 2 amide bonds. The van der Waals surface area contributed by atoms with Crippen molar-refractivity contribution in [3.8, 4) is 0 Å². The predicted octanol–water partition coefficient (Wildman–Crippen LogP) is 3.19. The molecule has 2 N–H and O–H groups in total. The lowest BCUT2D eigenvalue weighted by atomic mass is 10.1. The van der Waals surface area contributed by atoms with Crippen LogP contribution in [0.3, 0.4) is 0 Å². The Bertz CT molecular complexity index is 928. The second-order valence-electron chi connectivity index (χ2n) is 8.45. The molecule has 0 spiro atoms. The number of amides is 2. The number of carbonyl (C=O) groups is 2. The minimum atomic E-state index is -0.270. The highest BCUT2D eigenvalue weighted by Crippen LogP contribution is 2.24. The third kappa shape index (κ3) is 5.44. The summed E-state index contributed by atoms with van der Waals surface area (Å²) in [5.74, 6) is -0.325. The molecule has 1 aliphatic heterocycles. The molecule has 0 unspecified atom stereocenters. The van der Waals surface area contributed by atoms with Gasteiger partial charge in [0.25, 0.3) is 0 Å². The van der Waals surface area contributed by atoms with Crippen molar-refractivity contribution >= 4 is 23.2 Å². The molecule has 1 saturated heterocycles. The quantitative estimate of drug-likeness (QED) is 0.751. The highest BCUT2D eigenvalue weighted by Gasteiger charge is 2.26. The van der Waals surface area contributed by atoms with Crippen LogP contribution in [0.5, 0.6) is 0 Å². The van der Waals surface area contributed by atoms with Crippen LogP contribution < -0.4 is 15.5 Å². The molecule has 1 atom stereocenters. The van der Waals surface area contributed by atoms with E-state index in [0.29, 0.717) is 0 Å². The summed E-state index contributed by atoms with van der Waals surface area (Å²) in [5, 5.41) is 5.70. The molecular weight excluding hydrogens is 388 g/mol. The van der Waals surface area contributed by atoms with Crippen molar-refractivity contribution in [3.05, 3.63) is 58.7 Å². The maximum atomic E-state index is 12.6. The summed E-state index contributed by atoms with van der Waals surface area (Å²) < 4.78 is 0. The lowest BCUT2D eigenvalue weighted by Crippen LogP contribution is -2.54. The number of aryl methyl sites for hydroxylation is 3. The first-order valence-electron chi connectivity index (χ1n) is 11.0. The van der Waals surface area contributed by atoms with Gasteiger partial charge in [-0.2, -0.15) is 0 Å². The number of carbonyl (C=O) groups excluding carboxylic acids is 2. The molecule has 0 aromatic heterocycles. The number of benzene rings is 2. The zero-order valence-electron chi connectivity index (χ0n) is 19.3. The predicted molar refractivity (Wildman–Crippen MR) is 127 cm³/mol. The largest absolute Gasteiger partial charge is 0.369 e. The Balaban J connectivity index is 1.48. The Kier molecular flexibility index (Phi) is 7.33. The normalized spacial score (nSPS) is 15.5. The van der Waals surface area contributed by atoms with Crippen molar-refractivity contribution in [1.29, 1.82) is 0 Å². The smallest absolute Gasteiger partial charge is 0.243 e. The second-order valence-corrected chi connectivity index (χ2v) is 8.45. The maximum Gasteiger partial charge on any atom is 0.243 e. The third-order valence-electron chi connectivity index (χ3n) is 6.33. The van der Waals surface area contributed by atoms with Gasteiger partial charge in [0.15, 0.2) is 0 Å². The van der Waals surface area contributed by atoms with E-state index in [1.807, 2.05) is 39.0 Å². The Morgan fingerprint density at radius 1 is 0.903 bits per heavy atom. The molecule has 31 heavy (non-hydrogen) atoms. The molecule has 0 bridgehead atoms. The third-order valence-corrected chi connectivity index (χ3v) is 6.33. The minimum absolute atomic E-state index is 0.0284. The Morgan fingerprint density at radius 2 is 1.48 bits per heavy atom. The summed E-state index contributed by atoms with van der Waals surface area (Å²) >= 11 is 0. The zero-order valence-corrected chi connectivity index (χ0v) is 19.3. The lowest BCUT2D eigenvalue weighted by molar-refractivity contribution is -0.128. The van der Waals surface area contributed by atoms with Crippen LogP contribution in [0.2, 0.25) is 0 Å². The Morgan fingerprint density at radius 3 is 2.13 bits per heavy atom. The summed E-state index contributed by atoms with van der Waals surface area (Å²) in [6, 6.07) is 12.0. The number of hydrogen-bond acceptors (Lipinski definition) is 4. The molecule has 6 nitrogen and oxygen atoms in total. The topological polar surface area (TPSA) is 64.7 Å². The first kappa shape index (κ1) is 22.8. The zero-order chi connectivity index (χ0) is 22.5. The number of nitrogens with zero attached hydrogens (tertiary/aromatic N) is 2. The van der Waals surface area contributed by atoms with Crippen molar-refractivity contribution in [1.82, 2.24) is 10.2 Å². The average Bonchev–Trinajstić information content (AvgIpc) is 2.76. The van der Waals surface area contributed by atoms with E-state index in [1.54, 1.807) is 0 Å². The van der Waals surface area contributed by atoms with Gasteiger partial charge in [0.05, 0.1) is 12.6 Å². The van der Waals surface area contributed by atoms with Gasteiger partial charge in [0.1, 0.15) is 0 Å². The van der Waals surface area contributed by atoms with Crippen LogP contribution in [0.25, 0.3) is 0 Å². The standard InChI is InChI=1S/C25H34N4O2/c1-17-8-7-11-22(20(17)4)29-14-12-28(13-15-29)21(5)25(31)26-16-23(30)27-24-18(2)9-6-10-19(24)3/h6-11,21H,12-16H2,1-5H3,(H,26,31)(H,27,30)/t21-/m0/s1. The SMILES string of the molecule is Cc1cccc(N2CCN([C@@H](C)C(=O)NCC(=O)Nc3c(C)cccc3C)CC2)c1C. The van der Waals surface area contributed by atoms with Crippen LogP contribution in [0.15, 0.2) is 36.4 Å². The fourth-order valence-corrected chi connectivity index (χ4v) is 4.10. The highest BCUT2D eigenvalue weighted by atomic mass is 16.2. The fraction of sp³-hybridized carbons (Fsp3) is 0.440. The highest BCUT2D eigenvalue weighted by molar-refractivity contribution is 5.96. The van der Waals surface area contributed by atoms with E-state index in [-0.39, 0.29) is 24.4 Å². The van der Waals surface area contributed by atoms with E-state index in [4.69, 9.17) is 0 Å². The van der Waals surface area contributed by atoms with Crippen molar-refractivity contribution in [2.24, 2.45) is 0 Å². The molecule has 2 aromatic rings. The van der Waals surface area contributed by atoms with Gasteiger partial charge in [0, 0.05) is 37.6 Å². The van der Waals surface area contributed by atoms with Crippen molar-refractivity contribution < 1.29 is 9.59 Å². The summed E-state index contributed by atoms with van der Waals surface area (Å²) in [5.41, 5.74) is 6.73. The molecular formula is C25H34N4O2. The van der Waals surface area contributed by atoms with Crippen LogP contribution in [0, 0.1) is 27.7 Å². The number of para-hydroxylation sites is 1. The summed E-state index contributed by atoms with van der Waals surface area (Å²) in [4.78, 5) is 29.5. The summed E-state index contributed by atoms with van der Waals surface area (Å²) in [7, 11) is 0. The average molecular weight is 423 g/mol. The Hall–Kier alpha value is -2.86. The maximum absolute atomic E-state index is 12.6. The Labute approximate surface area is 185 Å². The molecule has 0 aliphatic carbocycles. The first-order valence-corrected chi connectivity index (χ1v) is 11.0. The molecule has 6 heteroatoms. The van der Waals surface area contributed by atoms with E-state index in [0.717, 1.165) is 43.0 Å². The van der Waals surface area contributed by atoms with Crippen molar-refractivity contribution in [2.75, 3.05) is 42.9 Å². The van der Waals surface area contributed by atoms with Gasteiger partial charge in [-0.3, -0.25) is 14.5 Å². The van der Waals surface area contributed by atoms with E-state index in [2.05, 4.69) is 52.5 Å². The monoisotopic (exact) mass is 422 g/mol. The van der Waals surface area contributed by atoms with Crippen LogP contribution in [-0.2, 0) is 9.59 Å². The van der Waals surface area contributed by atoms with E-state index in [9.17, 15) is 9.59 Å². The number of anilines is 2. The fourth-order valence-electron chi connectivity index (χ4n) is 4.10. The number of rotatable bonds is 6.